The van der Waals surface area contributed by atoms with E-state index in [0.29, 0.717) is 5.75 Å². The zero-order chi connectivity index (χ0) is 12.2. The molecule has 1 unspecified atom stereocenters. The fourth-order valence-electron chi connectivity index (χ4n) is 1.28. The highest BCUT2D eigenvalue weighted by Crippen LogP contribution is 2.14. The van der Waals surface area contributed by atoms with Crippen LogP contribution >= 0.6 is 11.8 Å². The predicted molar refractivity (Wildman–Crippen MR) is 64.6 cm³/mol. The Morgan fingerprint density at radius 2 is 2.06 bits per heavy atom. The molecule has 3 nitrogen and oxygen atoms in total. The maximum absolute atomic E-state index is 13.3. The second-order valence-corrected chi connectivity index (χ2v) is 6.00. The van der Waals surface area contributed by atoms with Gasteiger partial charge >= 0.3 is 0 Å². The number of nitrogens with one attached hydrogen (secondary N) is 1. The van der Waals surface area contributed by atoms with Crippen LogP contribution < -0.4 is 4.72 Å². The lowest BCUT2D eigenvalue weighted by Gasteiger charge is -2.13. The molecule has 0 amide bonds. The quantitative estimate of drug-likeness (QED) is 0.882. The topological polar surface area (TPSA) is 46.2 Å². The zero-order valence-electron chi connectivity index (χ0n) is 9.10. The highest BCUT2D eigenvalue weighted by molar-refractivity contribution is 7.98. The Morgan fingerprint density at radius 1 is 1.44 bits per heavy atom. The van der Waals surface area contributed by atoms with Crippen molar-refractivity contribution in [2.24, 2.45) is 0 Å². The number of hydrogen-bond acceptors (Lipinski definition) is 3. The van der Waals surface area contributed by atoms with Gasteiger partial charge in [-0.25, -0.2) is 17.5 Å². The van der Waals surface area contributed by atoms with Crippen LogP contribution in [0, 0.1) is 5.82 Å². The summed E-state index contributed by atoms with van der Waals surface area (Å²) in [5.74, 6) is -0.0837. The number of benzene rings is 1. The molecule has 1 N–H and O–H groups in total. The lowest BCUT2D eigenvalue weighted by molar-refractivity contribution is 0.550. The number of thioether (sulfide) groups is 1. The molecule has 0 saturated carbocycles. The van der Waals surface area contributed by atoms with Crippen molar-refractivity contribution < 1.29 is 12.8 Å². The first-order chi connectivity index (χ1) is 7.47. The van der Waals surface area contributed by atoms with Crippen LogP contribution in [0.3, 0.4) is 0 Å². The van der Waals surface area contributed by atoms with Gasteiger partial charge in [0.15, 0.2) is 0 Å². The van der Waals surface area contributed by atoms with E-state index in [0.717, 1.165) is 6.07 Å². The Labute approximate surface area is 99.5 Å². The molecule has 0 bridgehead atoms. The molecule has 0 fully saturated rings. The number of hydrogen-bond donors (Lipinski definition) is 1. The van der Waals surface area contributed by atoms with Gasteiger partial charge in [0.25, 0.3) is 0 Å². The maximum Gasteiger partial charge on any atom is 0.243 e. The fourth-order valence-corrected chi connectivity index (χ4v) is 3.29. The van der Waals surface area contributed by atoms with Crippen molar-refractivity contribution in [1.29, 1.82) is 0 Å². The van der Waals surface area contributed by atoms with E-state index in [1.54, 1.807) is 6.92 Å². The summed E-state index contributed by atoms with van der Waals surface area (Å²) in [5, 5.41) is 0. The van der Waals surface area contributed by atoms with Crippen molar-refractivity contribution in [3.05, 3.63) is 30.1 Å². The van der Waals surface area contributed by atoms with E-state index in [4.69, 9.17) is 0 Å². The molecule has 16 heavy (non-hydrogen) atoms. The van der Waals surface area contributed by atoms with Crippen molar-refractivity contribution in [3.8, 4) is 0 Å². The molecular weight excluding hydrogens is 249 g/mol. The standard InChI is InChI=1S/C10H14FNO2S2/c1-8(7-15-2)12-16(13,14)10-6-4-3-5-9(10)11/h3-6,8,12H,7H2,1-2H3. The second kappa shape index (κ2) is 5.65. The van der Waals surface area contributed by atoms with E-state index >= 15 is 0 Å². The molecule has 1 aromatic carbocycles. The average molecular weight is 263 g/mol. The lowest BCUT2D eigenvalue weighted by Crippen LogP contribution is -2.34. The highest BCUT2D eigenvalue weighted by Gasteiger charge is 2.20. The summed E-state index contributed by atoms with van der Waals surface area (Å²) >= 11 is 1.53. The van der Waals surface area contributed by atoms with Gasteiger partial charge in [-0.05, 0) is 25.3 Å². The highest BCUT2D eigenvalue weighted by atomic mass is 32.2. The summed E-state index contributed by atoms with van der Waals surface area (Å²) in [6, 6.07) is 5.12. The van der Waals surface area contributed by atoms with Gasteiger partial charge in [-0.2, -0.15) is 11.8 Å². The SMILES string of the molecule is CSCC(C)NS(=O)(=O)c1ccccc1F. The van der Waals surface area contributed by atoms with Gasteiger partial charge in [-0.1, -0.05) is 12.1 Å². The van der Waals surface area contributed by atoms with Gasteiger partial charge < -0.3 is 0 Å². The molecule has 0 aliphatic rings. The lowest BCUT2D eigenvalue weighted by atomic mass is 10.4. The van der Waals surface area contributed by atoms with Crippen LogP contribution in [0.4, 0.5) is 4.39 Å². The molecule has 0 aliphatic carbocycles. The van der Waals surface area contributed by atoms with Crippen LogP contribution in [0.25, 0.3) is 0 Å². The number of rotatable bonds is 5. The molecule has 1 aromatic rings. The molecule has 1 rings (SSSR count). The summed E-state index contributed by atoms with van der Waals surface area (Å²) < 4.78 is 39.3. The minimum atomic E-state index is -3.75. The van der Waals surface area contributed by atoms with Crippen molar-refractivity contribution in [3.63, 3.8) is 0 Å². The molecule has 0 saturated heterocycles. The minimum absolute atomic E-state index is 0.223. The summed E-state index contributed by atoms with van der Waals surface area (Å²) in [6.07, 6.45) is 1.88. The van der Waals surface area contributed by atoms with Gasteiger partial charge in [0, 0.05) is 11.8 Å². The van der Waals surface area contributed by atoms with Crippen LogP contribution in [-0.2, 0) is 10.0 Å². The van der Waals surface area contributed by atoms with E-state index in [-0.39, 0.29) is 10.9 Å². The Hall–Kier alpha value is -0.590. The third-order valence-corrected chi connectivity index (χ3v) is 4.36. The first kappa shape index (κ1) is 13.5. The third kappa shape index (κ3) is 3.47. The summed E-state index contributed by atoms with van der Waals surface area (Å²) in [7, 11) is -3.75. The van der Waals surface area contributed by atoms with Crippen molar-refractivity contribution in [2.45, 2.75) is 17.9 Å². The maximum atomic E-state index is 13.3. The smallest absolute Gasteiger partial charge is 0.207 e. The van der Waals surface area contributed by atoms with Crippen molar-refractivity contribution >= 4 is 21.8 Å². The molecular formula is C10H14FNO2S2. The predicted octanol–water partition coefficient (Wildman–Crippen LogP) is 1.86. The Balaban J connectivity index is 2.91. The van der Waals surface area contributed by atoms with Crippen LogP contribution in [0.5, 0.6) is 0 Å². The van der Waals surface area contributed by atoms with Crippen molar-refractivity contribution in [2.75, 3.05) is 12.0 Å². The van der Waals surface area contributed by atoms with E-state index in [1.807, 2.05) is 6.26 Å². The zero-order valence-corrected chi connectivity index (χ0v) is 10.7. The fraction of sp³-hybridized carbons (Fsp3) is 0.400. The van der Waals surface area contributed by atoms with Gasteiger partial charge in [-0.3, -0.25) is 0 Å². The number of halogens is 1. The van der Waals surface area contributed by atoms with Gasteiger partial charge in [0.1, 0.15) is 10.7 Å². The monoisotopic (exact) mass is 263 g/mol. The van der Waals surface area contributed by atoms with Gasteiger partial charge in [0.05, 0.1) is 0 Å². The molecule has 6 heteroatoms. The van der Waals surface area contributed by atoms with Gasteiger partial charge in [-0.15, -0.1) is 0 Å². The van der Waals surface area contributed by atoms with Crippen LogP contribution in [-0.4, -0.2) is 26.5 Å². The molecule has 0 radical (unpaired) electrons. The normalized spacial score (nSPS) is 13.7. The van der Waals surface area contributed by atoms with Crippen LogP contribution in [0.1, 0.15) is 6.92 Å². The molecule has 0 aliphatic heterocycles. The first-order valence-electron chi connectivity index (χ1n) is 4.73. The third-order valence-electron chi connectivity index (χ3n) is 1.90. The Kier molecular flexibility index (Phi) is 4.76. The molecule has 0 spiro atoms. The molecule has 0 heterocycles. The summed E-state index contributed by atoms with van der Waals surface area (Å²) in [5.41, 5.74) is 0. The summed E-state index contributed by atoms with van der Waals surface area (Å²) in [4.78, 5) is -0.303. The average Bonchev–Trinajstić information content (AvgIpc) is 2.17. The van der Waals surface area contributed by atoms with E-state index in [1.165, 1.54) is 30.0 Å². The van der Waals surface area contributed by atoms with Crippen LogP contribution in [0.15, 0.2) is 29.2 Å². The number of sulfonamides is 1. The first-order valence-corrected chi connectivity index (χ1v) is 7.61. The molecule has 0 aromatic heterocycles. The molecule has 90 valence electrons. The Morgan fingerprint density at radius 3 is 2.62 bits per heavy atom. The van der Waals surface area contributed by atoms with Crippen LogP contribution in [0.2, 0.25) is 0 Å². The summed E-state index contributed by atoms with van der Waals surface area (Å²) in [6.45, 7) is 1.74. The minimum Gasteiger partial charge on any atom is -0.207 e. The van der Waals surface area contributed by atoms with E-state index in [2.05, 4.69) is 4.72 Å². The molecule has 1 atom stereocenters. The second-order valence-electron chi connectivity index (χ2n) is 3.41. The van der Waals surface area contributed by atoms with E-state index < -0.39 is 15.8 Å². The van der Waals surface area contributed by atoms with Crippen molar-refractivity contribution in [1.82, 2.24) is 4.72 Å². The van der Waals surface area contributed by atoms with Gasteiger partial charge in [0.2, 0.25) is 10.0 Å². The Bertz CT molecular complexity index is 448. The largest absolute Gasteiger partial charge is 0.243 e. The van der Waals surface area contributed by atoms with E-state index in [9.17, 15) is 12.8 Å².